The topological polar surface area (TPSA) is 78.9 Å². The summed E-state index contributed by atoms with van der Waals surface area (Å²) in [7, 11) is 0. The van der Waals surface area contributed by atoms with Gasteiger partial charge in [-0.2, -0.15) is 0 Å². The molecule has 0 rings (SSSR count). The van der Waals surface area contributed by atoms with E-state index in [0.29, 0.717) is 12.8 Å². The van der Waals surface area contributed by atoms with Gasteiger partial charge in [0.05, 0.1) is 0 Å². The molecule has 0 aliphatic carbocycles. The number of hydrogen-bond donors (Lipinski definition) is 0. The van der Waals surface area contributed by atoms with E-state index >= 15 is 0 Å². The highest BCUT2D eigenvalue weighted by Crippen LogP contribution is 2.16. The highest BCUT2D eigenvalue weighted by atomic mass is 16.6. The molecule has 0 fully saturated rings. The molecule has 0 radical (unpaired) electrons. The van der Waals surface area contributed by atoms with Crippen LogP contribution in [0.15, 0.2) is 97.2 Å². The maximum atomic E-state index is 12.9. The smallest absolute Gasteiger partial charge is 0.306 e. The van der Waals surface area contributed by atoms with Gasteiger partial charge in [-0.05, 0) is 96.3 Å². The van der Waals surface area contributed by atoms with Gasteiger partial charge in [0.1, 0.15) is 13.2 Å². The van der Waals surface area contributed by atoms with E-state index in [4.69, 9.17) is 14.2 Å². The summed E-state index contributed by atoms with van der Waals surface area (Å²) in [6.45, 7) is 6.38. The minimum atomic E-state index is -0.807. The number of rotatable bonds is 53. The summed E-state index contributed by atoms with van der Waals surface area (Å²) in [6.07, 6.45) is 78.4. The van der Waals surface area contributed by atoms with Gasteiger partial charge in [0.25, 0.3) is 0 Å². The Bertz CT molecular complexity index is 1410. The van der Waals surface area contributed by atoms with Crippen LogP contribution in [0.1, 0.15) is 278 Å². The lowest BCUT2D eigenvalue weighted by atomic mass is 10.0. The second kappa shape index (κ2) is 58.9. The molecule has 406 valence electrons. The Morgan fingerprint density at radius 3 is 0.859 bits per heavy atom. The van der Waals surface area contributed by atoms with Gasteiger partial charge in [-0.3, -0.25) is 14.4 Å². The molecule has 71 heavy (non-hydrogen) atoms. The van der Waals surface area contributed by atoms with Crippen molar-refractivity contribution in [3.05, 3.63) is 97.2 Å². The van der Waals surface area contributed by atoms with E-state index in [2.05, 4.69) is 118 Å². The Morgan fingerprint density at radius 1 is 0.296 bits per heavy atom. The summed E-state index contributed by atoms with van der Waals surface area (Å²) >= 11 is 0. The van der Waals surface area contributed by atoms with Crippen LogP contribution in [0.3, 0.4) is 0 Å². The predicted octanol–water partition coefficient (Wildman–Crippen LogP) is 20.1. The monoisotopic (exact) mass is 987 g/mol. The van der Waals surface area contributed by atoms with Gasteiger partial charge in [0, 0.05) is 19.3 Å². The fraction of sp³-hybridized carbons (Fsp3) is 0.708. The fourth-order valence-corrected chi connectivity index (χ4v) is 8.19. The molecule has 1 atom stereocenters. The standard InChI is InChI=1S/C65H110O6/c1-4-7-10-13-16-19-22-25-27-29-31-32-34-35-37-40-43-46-49-52-55-58-64(67)70-61-62(60-69-63(66)57-54-51-48-45-42-39-24-21-18-15-12-9-6-3)71-65(68)59-56-53-50-47-44-41-38-36-33-30-28-26-23-20-17-14-11-8-5-2/h8-9,11-12,17-18,20-21,26,28,33,36,39,41-42,44,62H,4-7,10,13-16,19,22-25,27,29-32,34-35,37-38,40,43,45-61H2,1-3H3/b11-8-,12-9-,20-17-,21-18-,28-26-,36-33-,42-39-,44-41-. The molecule has 1 unspecified atom stereocenters. The largest absolute Gasteiger partial charge is 0.462 e. The first-order chi connectivity index (χ1) is 35.0. The molecule has 0 saturated carbocycles. The van der Waals surface area contributed by atoms with Crippen molar-refractivity contribution in [3.63, 3.8) is 0 Å². The second-order valence-electron chi connectivity index (χ2n) is 19.5. The number of unbranched alkanes of at least 4 members (excludes halogenated alkanes) is 26. The first-order valence-corrected chi connectivity index (χ1v) is 29.7. The number of carbonyl (C=O) groups excluding carboxylic acids is 3. The van der Waals surface area contributed by atoms with Crippen LogP contribution in [0.4, 0.5) is 0 Å². The average Bonchev–Trinajstić information content (AvgIpc) is 3.37. The van der Waals surface area contributed by atoms with Crippen LogP contribution < -0.4 is 0 Å². The van der Waals surface area contributed by atoms with Gasteiger partial charge in [-0.15, -0.1) is 0 Å². The van der Waals surface area contributed by atoms with Crippen molar-refractivity contribution in [3.8, 4) is 0 Å². The Hall–Kier alpha value is -3.67. The average molecular weight is 988 g/mol. The molecular weight excluding hydrogens is 877 g/mol. The van der Waals surface area contributed by atoms with Crippen LogP contribution in [0.5, 0.6) is 0 Å². The molecule has 0 aliphatic heterocycles. The summed E-state index contributed by atoms with van der Waals surface area (Å²) < 4.78 is 16.8. The molecule has 0 bridgehead atoms. The lowest BCUT2D eigenvalue weighted by Gasteiger charge is -2.18. The van der Waals surface area contributed by atoms with Gasteiger partial charge < -0.3 is 14.2 Å². The third-order valence-corrected chi connectivity index (χ3v) is 12.6. The van der Waals surface area contributed by atoms with Gasteiger partial charge in [-0.1, -0.05) is 259 Å². The molecule has 0 heterocycles. The van der Waals surface area contributed by atoms with Crippen LogP contribution in [-0.4, -0.2) is 37.2 Å². The van der Waals surface area contributed by atoms with Crippen molar-refractivity contribution in [2.75, 3.05) is 13.2 Å². The minimum Gasteiger partial charge on any atom is -0.462 e. The Morgan fingerprint density at radius 2 is 0.549 bits per heavy atom. The van der Waals surface area contributed by atoms with E-state index < -0.39 is 6.10 Å². The first-order valence-electron chi connectivity index (χ1n) is 29.7. The Kier molecular flexibility index (Phi) is 55.9. The molecule has 0 aromatic heterocycles. The fourth-order valence-electron chi connectivity index (χ4n) is 8.19. The van der Waals surface area contributed by atoms with E-state index in [1.165, 1.54) is 116 Å². The van der Waals surface area contributed by atoms with Crippen LogP contribution in [0, 0.1) is 0 Å². The summed E-state index contributed by atoms with van der Waals surface area (Å²) in [6, 6.07) is 0. The number of hydrogen-bond acceptors (Lipinski definition) is 6. The highest BCUT2D eigenvalue weighted by molar-refractivity contribution is 5.71. The van der Waals surface area contributed by atoms with Crippen LogP contribution in [0.25, 0.3) is 0 Å². The first kappa shape index (κ1) is 67.3. The lowest BCUT2D eigenvalue weighted by Crippen LogP contribution is -2.30. The zero-order chi connectivity index (χ0) is 51.4. The maximum absolute atomic E-state index is 12.9. The summed E-state index contributed by atoms with van der Waals surface area (Å²) in [5, 5.41) is 0. The van der Waals surface area contributed by atoms with Crippen LogP contribution >= 0.6 is 0 Å². The molecule has 6 nitrogen and oxygen atoms in total. The van der Waals surface area contributed by atoms with E-state index in [9.17, 15) is 14.4 Å². The Labute approximate surface area is 438 Å². The van der Waals surface area contributed by atoms with Crippen molar-refractivity contribution in [1.82, 2.24) is 0 Å². The number of allylic oxidation sites excluding steroid dienone is 16. The van der Waals surface area contributed by atoms with Crippen molar-refractivity contribution in [1.29, 1.82) is 0 Å². The normalized spacial score (nSPS) is 12.8. The number of carbonyl (C=O) groups is 3. The van der Waals surface area contributed by atoms with E-state index in [1.54, 1.807) is 0 Å². The predicted molar refractivity (Wildman–Crippen MR) is 307 cm³/mol. The molecule has 0 N–H and O–H groups in total. The summed E-state index contributed by atoms with van der Waals surface area (Å²) in [5.41, 5.74) is 0. The second-order valence-corrected chi connectivity index (χ2v) is 19.5. The molecule has 6 heteroatoms. The zero-order valence-corrected chi connectivity index (χ0v) is 46.5. The van der Waals surface area contributed by atoms with Crippen molar-refractivity contribution < 1.29 is 28.6 Å². The van der Waals surface area contributed by atoms with Gasteiger partial charge in [-0.25, -0.2) is 0 Å². The third-order valence-electron chi connectivity index (χ3n) is 12.6. The van der Waals surface area contributed by atoms with Crippen molar-refractivity contribution in [2.24, 2.45) is 0 Å². The molecule has 0 aliphatic rings. The van der Waals surface area contributed by atoms with Gasteiger partial charge in [0.15, 0.2) is 6.10 Å². The van der Waals surface area contributed by atoms with Gasteiger partial charge >= 0.3 is 17.9 Å². The van der Waals surface area contributed by atoms with E-state index in [-0.39, 0.29) is 37.5 Å². The van der Waals surface area contributed by atoms with Crippen LogP contribution in [-0.2, 0) is 28.6 Å². The van der Waals surface area contributed by atoms with E-state index in [1.807, 2.05) is 0 Å². The molecule has 0 amide bonds. The van der Waals surface area contributed by atoms with E-state index in [0.717, 1.165) is 122 Å². The van der Waals surface area contributed by atoms with Crippen molar-refractivity contribution >= 4 is 17.9 Å². The Balaban J connectivity index is 4.41. The van der Waals surface area contributed by atoms with Crippen LogP contribution in [0.2, 0.25) is 0 Å². The van der Waals surface area contributed by atoms with Crippen molar-refractivity contribution in [2.45, 2.75) is 284 Å². The highest BCUT2D eigenvalue weighted by Gasteiger charge is 2.19. The SMILES string of the molecule is CC/C=C\C/C=C\C/C=C\C/C=C\C/C=C\CCCCCC(=O)OC(COC(=O)CCCCC/C=C\C/C=C\C/C=C\CC)COC(=O)CCCCCCCCCCCCCCCCCCCCCCC. The summed E-state index contributed by atoms with van der Waals surface area (Å²) in [4.78, 5) is 38.2. The molecule has 0 aromatic carbocycles. The third kappa shape index (κ3) is 57.1. The molecule has 0 saturated heterocycles. The van der Waals surface area contributed by atoms with Gasteiger partial charge in [0.2, 0.25) is 0 Å². The quantitative estimate of drug-likeness (QED) is 0.0261. The molecular formula is C65H110O6. The lowest BCUT2D eigenvalue weighted by molar-refractivity contribution is -0.167. The molecule has 0 spiro atoms. The molecule has 0 aromatic rings. The maximum Gasteiger partial charge on any atom is 0.306 e. The number of ether oxygens (including phenoxy) is 3. The zero-order valence-electron chi connectivity index (χ0n) is 46.5. The minimum absolute atomic E-state index is 0.0991. The summed E-state index contributed by atoms with van der Waals surface area (Å²) in [5.74, 6) is -0.956. The number of esters is 3.